The maximum absolute atomic E-state index is 9.73. The fourth-order valence-corrected chi connectivity index (χ4v) is 2.99. The van der Waals surface area contributed by atoms with Crippen LogP contribution in [0.1, 0.15) is 58.3 Å². The molecule has 0 atom stereocenters. The molecule has 2 aromatic heterocycles. The second kappa shape index (κ2) is 5.82. The van der Waals surface area contributed by atoms with Crippen molar-refractivity contribution < 1.29 is 5.11 Å². The van der Waals surface area contributed by atoms with Gasteiger partial charge in [-0.1, -0.05) is 12.8 Å². The van der Waals surface area contributed by atoms with Gasteiger partial charge < -0.3 is 15.4 Å². The van der Waals surface area contributed by atoms with E-state index in [1.807, 2.05) is 6.33 Å². The Kier molecular flexibility index (Phi) is 3.99. The van der Waals surface area contributed by atoms with Crippen LogP contribution in [0.3, 0.4) is 0 Å². The lowest BCUT2D eigenvalue weighted by atomic mass is 9.87. The van der Waals surface area contributed by atoms with Crippen molar-refractivity contribution in [3.8, 4) is 11.8 Å². The summed E-state index contributed by atoms with van der Waals surface area (Å²) < 4.78 is 2.11. The molecule has 0 unspecified atom stereocenters. The normalized spacial score (nSPS) is 21.9. The van der Waals surface area contributed by atoms with E-state index in [9.17, 15) is 5.11 Å². The van der Waals surface area contributed by atoms with Crippen LogP contribution in [0.4, 0.5) is 5.82 Å². The Bertz CT molecular complexity index is 770. The topological polar surface area (TPSA) is 89.9 Å². The first-order chi connectivity index (χ1) is 10.8. The van der Waals surface area contributed by atoms with Crippen molar-refractivity contribution in [1.82, 2.24) is 19.5 Å². The fraction of sp³-hybridized carbons (Fsp3) is 0.588. The highest BCUT2D eigenvalue weighted by atomic mass is 16.3. The predicted molar refractivity (Wildman–Crippen MR) is 89.6 cm³/mol. The molecule has 0 amide bonds. The highest BCUT2D eigenvalue weighted by Crippen LogP contribution is 2.33. The van der Waals surface area contributed by atoms with Crippen molar-refractivity contribution in [2.75, 3.05) is 5.73 Å². The summed E-state index contributed by atoms with van der Waals surface area (Å²) in [4.78, 5) is 13.1. The lowest BCUT2D eigenvalue weighted by Gasteiger charge is -2.27. The first-order valence-corrected chi connectivity index (χ1v) is 8.09. The molecule has 0 bridgehead atoms. The van der Waals surface area contributed by atoms with Gasteiger partial charge in [0.2, 0.25) is 5.82 Å². The highest BCUT2D eigenvalue weighted by molar-refractivity contribution is 5.82. The zero-order valence-corrected chi connectivity index (χ0v) is 13.9. The molecule has 2 heterocycles. The van der Waals surface area contributed by atoms with Crippen LogP contribution < -0.4 is 5.73 Å². The second-order valence-corrected chi connectivity index (χ2v) is 6.98. The van der Waals surface area contributed by atoms with Crippen LogP contribution in [-0.2, 0) is 0 Å². The van der Waals surface area contributed by atoms with E-state index >= 15 is 0 Å². The van der Waals surface area contributed by atoms with E-state index in [0.29, 0.717) is 23.2 Å². The van der Waals surface area contributed by atoms with Crippen LogP contribution in [0, 0.1) is 17.8 Å². The van der Waals surface area contributed by atoms with Gasteiger partial charge in [0, 0.05) is 6.04 Å². The van der Waals surface area contributed by atoms with Crippen molar-refractivity contribution in [3.05, 3.63) is 12.2 Å². The quantitative estimate of drug-likeness (QED) is 0.788. The first kappa shape index (κ1) is 15.8. The van der Waals surface area contributed by atoms with E-state index in [1.165, 1.54) is 12.8 Å². The van der Waals surface area contributed by atoms with Gasteiger partial charge in [0.15, 0.2) is 11.5 Å². The molecule has 6 nitrogen and oxygen atoms in total. The van der Waals surface area contributed by atoms with Gasteiger partial charge in [0.1, 0.15) is 11.1 Å². The average molecular weight is 313 g/mol. The molecule has 3 N–H and O–H groups in total. The van der Waals surface area contributed by atoms with Gasteiger partial charge in [-0.25, -0.2) is 15.0 Å². The molecule has 6 heteroatoms. The minimum absolute atomic E-state index is 0.322. The zero-order chi connectivity index (χ0) is 16.6. The van der Waals surface area contributed by atoms with Gasteiger partial charge in [-0.15, -0.1) is 0 Å². The Morgan fingerprint density at radius 2 is 1.96 bits per heavy atom. The smallest absolute Gasteiger partial charge is 0.209 e. The molecule has 0 aliphatic heterocycles. The SMILES string of the molecule is CC1CCC(n2cnc3c(N)nc(C#CC(C)(C)O)nc32)CC1. The summed E-state index contributed by atoms with van der Waals surface area (Å²) in [5.74, 6) is 6.96. The molecule has 2 aromatic rings. The number of aromatic nitrogens is 4. The third kappa shape index (κ3) is 3.45. The lowest BCUT2D eigenvalue weighted by Crippen LogP contribution is -2.17. The number of anilines is 1. The summed E-state index contributed by atoms with van der Waals surface area (Å²) in [6.07, 6.45) is 6.50. The number of hydrogen-bond acceptors (Lipinski definition) is 5. The minimum Gasteiger partial charge on any atom is -0.382 e. The van der Waals surface area contributed by atoms with Crippen molar-refractivity contribution in [2.24, 2.45) is 5.92 Å². The number of hydrogen-bond donors (Lipinski definition) is 2. The number of rotatable bonds is 1. The molecule has 0 radical (unpaired) electrons. The van der Waals surface area contributed by atoms with Gasteiger partial charge in [-0.2, -0.15) is 0 Å². The summed E-state index contributed by atoms with van der Waals surface area (Å²) in [6.45, 7) is 5.54. The van der Waals surface area contributed by atoms with Gasteiger partial charge in [0.05, 0.1) is 6.33 Å². The van der Waals surface area contributed by atoms with E-state index in [1.54, 1.807) is 13.8 Å². The van der Waals surface area contributed by atoms with E-state index in [4.69, 9.17) is 5.73 Å². The van der Waals surface area contributed by atoms with Gasteiger partial charge in [-0.05, 0) is 51.4 Å². The van der Waals surface area contributed by atoms with Crippen LogP contribution in [-0.4, -0.2) is 30.2 Å². The minimum atomic E-state index is -1.09. The third-order valence-corrected chi connectivity index (χ3v) is 4.31. The molecule has 0 spiro atoms. The monoisotopic (exact) mass is 313 g/mol. The third-order valence-electron chi connectivity index (χ3n) is 4.31. The highest BCUT2D eigenvalue weighted by Gasteiger charge is 2.22. The summed E-state index contributed by atoms with van der Waals surface area (Å²) >= 11 is 0. The number of aliphatic hydroxyl groups is 1. The van der Waals surface area contributed by atoms with Crippen molar-refractivity contribution in [2.45, 2.75) is 58.1 Å². The maximum atomic E-state index is 9.73. The molecular formula is C17H23N5O. The molecule has 1 aliphatic rings. The number of nitrogen functional groups attached to an aromatic ring is 1. The molecule has 23 heavy (non-hydrogen) atoms. The van der Waals surface area contributed by atoms with Gasteiger partial charge >= 0.3 is 0 Å². The predicted octanol–water partition coefficient (Wildman–Crippen LogP) is 2.28. The van der Waals surface area contributed by atoms with Crippen LogP contribution in [0.15, 0.2) is 6.33 Å². The van der Waals surface area contributed by atoms with Crippen molar-refractivity contribution >= 4 is 17.0 Å². The Hall–Kier alpha value is -2.13. The molecule has 1 fully saturated rings. The Morgan fingerprint density at radius 3 is 2.61 bits per heavy atom. The summed E-state index contributed by atoms with van der Waals surface area (Å²) in [7, 11) is 0. The van der Waals surface area contributed by atoms with Crippen molar-refractivity contribution in [1.29, 1.82) is 0 Å². The Morgan fingerprint density at radius 1 is 1.26 bits per heavy atom. The molecular weight excluding hydrogens is 290 g/mol. The Labute approximate surface area is 136 Å². The molecule has 3 rings (SSSR count). The number of fused-ring (bicyclic) bond motifs is 1. The first-order valence-electron chi connectivity index (χ1n) is 8.09. The van der Waals surface area contributed by atoms with Crippen molar-refractivity contribution in [3.63, 3.8) is 0 Å². The fourth-order valence-electron chi connectivity index (χ4n) is 2.99. The average Bonchev–Trinajstić information content (AvgIpc) is 2.90. The number of nitrogens with zero attached hydrogens (tertiary/aromatic N) is 4. The van der Waals surface area contributed by atoms with E-state index < -0.39 is 5.60 Å². The molecule has 1 saturated carbocycles. The Balaban J connectivity index is 2.00. The van der Waals surface area contributed by atoms with Crippen LogP contribution in [0.5, 0.6) is 0 Å². The van der Waals surface area contributed by atoms with Gasteiger partial charge in [-0.3, -0.25) is 0 Å². The second-order valence-electron chi connectivity index (χ2n) is 6.98. The summed E-state index contributed by atoms with van der Waals surface area (Å²) in [6, 6.07) is 0.403. The summed E-state index contributed by atoms with van der Waals surface area (Å²) in [5.41, 5.74) is 6.27. The summed E-state index contributed by atoms with van der Waals surface area (Å²) in [5, 5.41) is 9.73. The van der Waals surface area contributed by atoms with Crippen LogP contribution in [0.25, 0.3) is 11.2 Å². The number of nitrogens with two attached hydrogens (primary N) is 1. The van der Waals surface area contributed by atoms with E-state index in [0.717, 1.165) is 24.4 Å². The largest absolute Gasteiger partial charge is 0.382 e. The lowest BCUT2D eigenvalue weighted by molar-refractivity contribution is 0.143. The van der Waals surface area contributed by atoms with E-state index in [-0.39, 0.29) is 0 Å². The molecule has 122 valence electrons. The molecule has 0 aromatic carbocycles. The van der Waals surface area contributed by atoms with Gasteiger partial charge in [0.25, 0.3) is 0 Å². The zero-order valence-electron chi connectivity index (χ0n) is 13.9. The maximum Gasteiger partial charge on any atom is 0.209 e. The van der Waals surface area contributed by atoms with Crippen LogP contribution >= 0.6 is 0 Å². The molecule has 0 saturated heterocycles. The molecule has 1 aliphatic carbocycles. The van der Waals surface area contributed by atoms with E-state index in [2.05, 4.69) is 38.3 Å². The van der Waals surface area contributed by atoms with Crippen LogP contribution in [0.2, 0.25) is 0 Å². The number of imidazole rings is 1. The standard InChI is InChI=1S/C17H23N5O/c1-11-4-6-12(7-5-11)22-10-19-14-15(18)20-13(21-16(14)22)8-9-17(2,3)23/h10-12,23H,4-7H2,1-3H3,(H2,18,20,21).